The van der Waals surface area contributed by atoms with Crippen molar-refractivity contribution in [1.82, 2.24) is 5.32 Å². The SMILES string of the molecule is CNC(=O)c1cc(NC(=O)c2ccccc2Nc2ccccc2)ccc1Cl. The molecule has 0 aliphatic carbocycles. The van der Waals surface area contributed by atoms with Crippen molar-refractivity contribution >= 4 is 40.5 Å². The van der Waals surface area contributed by atoms with Crippen molar-refractivity contribution < 1.29 is 9.59 Å². The maximum Gasteiger partial charge on any atom is 0.257 e. The van der Waals surface area contributed by atoms with Gasteiger partial charge in [0.25, 0.3) is 11.8 Å². The Morgan fingerprint density at radius 3 is 2.22 bits per heavy atom. The predicted octanol–water partition coefficient (Wildman–Crippen LogP) is 4.70. The first-order valence-corrected chi connectivity index (χ1v) is 8.70. The first-order chi connectivity index (χ1) is 13.1. The number of benzene rings is 3. The van der Waals surface area contributed by atoms with E-state index in [4.69, 9.17) is 11.6 Å². The van der Waals surface area contributed by atoms with Crippen molar-refractivity contribution in [2.75, 3.05) is 17.7 Å². The number of carbonyl (C=O) groups is 2. The van der Waals surface area contributed by atoms with Crippen LogP contribution in [0.1, 0.15) is 20.7 Å². The fourth-order valence-electron chi connectivity index (χ4n) is 2.58. The second kappa shape index (κ2) is 8.38. The van der Waals surface area contributed by atoms with Gasteiger partial charge in [0, 0.05) is 18.4 Å². The van der Waals surface area contributed by atoms with E-state index in [1.807, 2.05) is 42.5 Å². The number of carbonyl (C=O) groups excluding carboxylic acids is 2. The fourth-order valence-corrected chi connectivity index (χ4v) is 2.78. The number of nitrogens with one attached hydrogen (secondary N) is 3. The quantitative estimate of drug-likeness (QED) is 0.602. The van der Waals surface area contributed by atoms with E-state index < -0.39 is 0 Å². The fraction of sp³-hybridized carbons (Fsp3) is 0.0476. The molecule has 0 bridgehead atoms. The zero-order chi connectivity index (χ0) is 19.2. The smallest absolute Gasteiger partial charge is 0.257 e. The number of hydrogen-bond acceptors (Lipinski definition) is 3. The molecule has 0 aliphatic rings. The lowest BCUT2D eigenvalue weighted by molar-refractivity contribution is 0.0961. The first-order valence-electron chi connectivity index (χ1n) is 8.32. The van der Waals surface area contributed by atoms with Crippen molar-refractivity contribution in [3.63, 3.8) is 0 Å². The van der Waals surface area contributed by atoms with Gasteiger partial charge in [0.1, 0.15) is 0 Å². The van der Waals surface area contributed by atoms with Gasteiger partial charge >= 0.3 is 0 Å². The zero-order valence-electron chi connectivity index (χ0n) is 14.6. The second-order valence-corrected chi connectivity index (χ2v) is 6.17. The number of rotatable bonds is 5. The molecule has 0 unspecified atom stereocenters. The van der Waals surface area contributed by atoms with Crippen LogP contribution in [0.2, 0.25) is 5.02 Å². The lowest BCUT2D eigenvalue weighted by Crippen LogP contribution is -2.19. The average molecular weight is 380 g/mol. The maximum atomic E-state index is 12.8. The minimum Gasteiger partial charge on any atom is -0.355 e. The summed E-state index contributed by atoms with van der Waals surface area (Å²) in [6, 6.07) is 21.6. The topological polar surface area (TPSA) is 70.2 Å². The third-order valence-corrected chi connectivity index (χ3v) is 4.25. The van der Waals surface area contributed by atoms with Gasteiger partial charge in [0.2, 0.25) is 0 Å². The highest BCUT2D eigenvalue weighted by Gasteiger charge is 2.14. The summed E-state index contributed by atoms with van der Waals surface area (Å²) >= 11 is 6.06. The van der Waals surface area contributed by atoms with Gasteiger partial charge in [-0.2, -0.15) is 0 Å². The standard InChI is InChI=1S/C21H18ClN3O2/c1-23-20(26)17-13-15(11-12-18(17)22)25-21(27)16-9-5-6-10-19(16)24-14-7-3-2-4-8-14/h2-13,24H,1H3,(H,23,26)(H,25,27). The summed E-state index contributed by atoms with van der Waals surface area (Å²) in [6.07, 6.45) is 0. The number of para-hydroxylation sites is 2. The predicted molar refractivity (Wildman–Crippen MR) is 109 cm³/mol. The van der Waals surface area contributed by atoms with Crippen molar-refractivity contribution in [2.24, 2.45) is 0 Å². The van der Waals surface area contributed by atoms with Crippen LogP contribution in [0.15, 0.2) is 72.8 Å². The van der Waals surface area contributed by atoms with Gasteiger partial charge in [0.05, 0.1) is 21.8 Å². The molecule has 27 heavy (non-hydrogen) atoms. The molecule has 2 amide bonds. The molecular formula is C21H18ClN3O2. The Balaban J connectivity index is 1.84. The molecule has 0 spiro atoms. The van der Waals surface area contributed by atoms with E-state index >= 15 is 0 Å². The third kappa shape index (κ3) is 4.46. The largest absolute Gasteiger partial charge is 0.355 e. The number of anilines is 3. The van der Waals surface area contributed by atoms with E-state index in [1.54, 1.807) is 30.3 Å². The van der Waals surface area contributed by atoms with Crippen LogP contribution in [0.25, 0.3) is 0 Å². The molecule has 0 heterocycles. The summed E-state index contributed by atoms with van der Waals surface area (Å²) in [5.74, 6) is -0.610. The van der Waals surface area contributed by atoms with Gasteiger partial charge in [-0.3, -0.25) is 9.59 Å². The Hall–Kier alpha value is -3.31. The van der Waals surface area contributed by atoms with E-state index in [0.717, 1.165) is 5.69 Å². The van der Waals surface area contributed by atoms with Gasteiger partial charge in [-0.15, -0.1) is 0 Å². The van der Waals surface area contributed by atoms with Crippen LogP contribution in [0.3, 0.4) is 0 Å². The van der Waals surface area contributed by atoms with Crippen molar-refractivity contribution in [3.05, 3.63) is 88.9 Å². The minimum absolute atomic E-state index is 0.292. The molecule has 3 aromatic carbocycles. The van der Waals surface area contributed by atoms with Gasteiger partial charge < -0.3 is 16.0 Å². The van der Waals surface area contributed by atoms with Gasteiger partial charge in [-0.25, -0.2) is 0 Å². The van der Waals surface area contributed by atoms with Crippen molar-refractivity contribution in [2.45, 2.75) is 0 Å². The Morgan fingerprint density at radius 1 is 0.778 bits per heavy atom. The van der Waals surface area contributed by atoms with Gasteiger partial charge in [0.15, 0.2) is 0 Å². The maximum absolute atomic E-state index is 12.8. The zero-order valence-corrected chi connectivity index (χ0v) is 15.4. The molecule has 0 atom stereocenters. The number of hydrogen-bond donors (Lipinski definition) is 3. The summed E-state index contributed by atoms with van der Waals surface area (Å²) in [5, 5.41) is 8.90. The van der Waals surface area contributed by atoms with Crippen LogP contribution in [0, 0.1) is 0 Å². The lowest BCUT2D eigenvalue weighted by Gasteiger charge is -2.13. The van der Waals surface area contributed by atoms with Crippen LogP contribution < -0.4 is 16.0 Å². The molecule has 0 fully saturated rings. The van der Waals surface area contributed by atoms with Crippen LogP contribution >= 0.6 is 11.6 Å². The monoisotopic (exact) mass is 379 g/mol. The number of halogens is 1. The van der Waals surface area contributed by atoms with Crippen molar-refractivity contribution in [1.29, 1.82) is 0 Å². The normalized spacial score (nSPS) is 10.1. The molecule has 6 heteroatoms. The second-order valence-electron chi connectivity index (χ2n) is 5.76. The molecule has 0 radical (unpaired) electrons. The molecule has 0 saturated heterocycles. The highest BCUT2D eigenvalue weighted by Crippen LogP contribution is 2.24. The van der Waals surface area contributed by atoms with E-state index in [9.17, 15) is 9.59 Å². The molecule has 136 valence electrons. The average Bonchev–Trinajstić information content (AvgIpc) is 2.70. The van der Waals surface area contributed by atoms with Crippen LogP contribution in [0.5, 0.6) is 0 Å². The summed E-state index contributed by atoms with van der Waals surface area (Å²) in [7, 11) is 1.52. The molecule has 5 nitrogen and oxygen atoms in total. The van der Waals surface area contributed by atoms with Gasteiger partial charge in [-0.1, -0.05) is 41.9 Å². The molecule has 3 N–H and O–H groups in total. The third-order valence-electron chi connectivity index (χ3n) is 3.92. The molecule has 3 aromatic rings. The van der Waals surface area contributed by atoms with E-state index in [1.165, 1.54) is 7.05 Å². The van der Waals surface area contributed by atoms with Crippen LogP contribution in [0.4, 0.5) is 17.1 Å². The Labute approximate surface area is 162 Å². The van der Waals surface area contributed by atoms with Crippen LogP contribution in [-0.2, 0) is 0 Å². The Kier molecular flexibility index (Phi) is 5.74. The van der Waals surface area contributed by atoms with Crippen LogP contribution in [-0.4, -0.2) is 18.9 Å². The van der Waals surface area contributed by atoms with E-state index in [0.29, 0.717) is 27.5 Å². The van der Waals surface area contributed by atoms with E-state index in [2.05, 4.69) is 16.0 Å². The lowest BCUT2D eigenvalue weighted by atomic mass is 10.1. The molecule has 0 saturated carbocycles. The summed E-state index contributed by atoms with van der Waals surface area (Å²) < 4.78 is 0. The summed E-state index contributed by atoms with van der Waals surface area (Å²) in [6.45, 7) is 0. The summed E-state index contributed by atoms with van der Waals surface area (Å²) in [4.78, 5) is 24.7. The minimum atomic E-state index is -0.317. The summed E-state index contributed by atoms with van der Waals surface area (Å²) in [5.41, 5.74) is 2.83. The Bertz CT molecular complexity index is 974. The highest BCUT2D eigenvalue weighted by molar-refractivity contribution is 6.34. The number of amides is 2. The van der Waals surface area contributed by atoms with Crippen molar-refractivity contribution in [3.8, 4) is 0 Å². The molecule has 0 aliphatic heterocycles. The molecule has 3 rings (SSSR count). The Morgan fingerprint density at radius 2 is 1.48 bits per heavy atom. The van der Waals surface area contributed by atoms with Gasteiger partial charge in [-0.05, 0) is 42.5 Å². The molecule has 0 aromatic heterocycles. The highest BCUT2D eigenvalue weighted by atomic mass is 35.5. The molecular weight excluding hydrogens is 362 g/mol. The first kappa shape index (κ1) is 18.5. The van der Waals surface area contributed by atoms with E-state index in [-0.39, 0.29) is 11.8 Å².